The van der Waals surface area contributed by atoms with Crippen molar-refractivity contribution in [3.63, 3.8) is 0 Å². The molecule has 0 atom stereocenters. The summed E-state index contributed by atoms with van der Waals surface area (Å²) in [6.45, 7) is 0. The molecule has 4 rings (SSSR count). The highest BCUT2D eigenvalue weighted by atomic mass is 32.2. The van der Waals surface area contributed by atoms with E-state index in [1.54, 1.807) is 23.6 Å². The Morgan fingerprint density at radius 1 is 1.04 bits per heavy atom. The van der Waals surface area contributed by atoms with Crippen LogP contribution in [0.4, 0.5) is 0 Å². The first-order valence-electron chi connectivity index (χ1n) is 7.50. The Labute approximate surface area is 138 Å². The third kappa shape index (κ3) is 2.82. The van der Waals surface area contributed by atoms with Gasteiger partial charge >= 0.3 is 0 Å². The van der Waals surface area contributed by atoms with Crippen molar-refractivity contribution < 1.29 is 4.74 Å². The van der Waals surface area contributed by atoms with E-state index < -0.39 is 0 Å². The van der Waals surface area contributed by atoms with E-state index in [1.165, 1.54) is 11.1 Å². The molecule has 116 valence electrons. The molecular weight excluding hydrogens is 308 g/mol. The van der Waals surface area contributed by atoms with Crippen LogP contribution in [0.1, 0.15) is 11.1 Å². The Bertz CT molecular complexity index is 790. The molecule has 6 heteroatoms. The van der Waals surface area contributed by atoms with Crippen molar-refractivity contribution >= 4 is 11.8 Å². The van der Waals surface area contributed by atoms with Gasteiger partial charge in [0.15, 0.2) is 0 Å². The molecule has 0 fully saturated rings. The van der Waals surface area contributed by atoms with E-state index in [9.17, 15) is 0 Å². The van der Waals surface area contributed by atoms with Crippen molar-refractivity contribution in [2.24, 2.45) is 0 Å². The SMILES string of the molecule is COc1ccc(-n2nnnc2SC2Cc3ccccc3C2)cc1. The average Bonchev–Trinajstić information content (AvgIpc) is 3.21. The number of thioether (sulfide) groups is 1. The molecule has 0 N–H and O–H groups in total. The summed E-state index contributed by atoms with van der Waals surface area (Å²) < 4.78 is 6.98. The molecule has 0 unspecified atom stereocenters. The zero-order chi connectivity index (χ0) is 15.6. The summed E-state index contributed by atoms with van der Waals surface area (Å²) in [6.07, 6.45) is 2.13. The minimum atomic E-state index is 0.482. The summed E-state index contributed by atoms with van der Waals surface area (Å²) in [4.78, 5) is 0. The van der Waals surface area contributed by atoms with Gasteiger partial charge in [0, 0.05) is 5.25 Å². The third-order valence-electron chi connectivity index (χ3n) is 4.04. The molecular formula is C17H16N4OS. The lowest BCUT2D eigenvalue weighted by molar-refractivity contribution is 0.414. The van der Waals surface area contributed by atoms with Crippen molar-refractivity contribution in [3.05, 3.63) is 59.7 Å². The van der Waals surface area contributed by atoms with Gasteiger partial charge < -0.3 is 4.74 Å². The van der Waals surface area contributed by atoms with E-state index in [-0.39, 0.29) is 0 Å². The summed E-state index contributed by atoms with van der Waals surface area (Å²) in [7, 11) is 1.66. The Morgan fingerprint density at radius 2 is 1.74 bits per heavy atom. The van der Waals surface area contributed by atoms with Crippen LogP contribution in [0.15, 0.2) is 53.7 Å². The molecule has 23 heavy (non-hydrogen) atoms. The average molecular weight is 324 g/mol. The lowest BCUT2D eigenvalue weighted by atomic mass is 10.1. The maximum absolute atomic E-state index is 5.19. The highest BCUT2D eigenvalue weighted by Crippen LogP contribution is 2.34. The van der Waals surface area contributed by atoms with Gasteiger partial charge in [0.25, 0.3) is 0 Å². The zero-order valence-electron chi connectivity index (χ0n) is 12.7. The summed E-state index contributed by atoms with van der Waals surface area (Å²) >= 11 is 1.74. The van der Waals surface area contributed by atoms with Gasteiger partial charge in [0.1, 0.15) is 5.75 Å². The Kier molecular flexibility index (Phi) is 3.75. The van der Waals surface area contributed by atoms with Gasteiger partial charge in [-0.2, -0.15) is 4.68 Å². The van der Waals surface area contributed by atoms with Gasteiger partial charge in [0.2, 0.25) is 5.16 Å². The minimum absolute atomic E-state index is 0.482. The van der Waals surface area contributed by atoms with Crippen LogP contribution in [-0.2, 0) is 12.8 Å². The molecule has 3 aromatic rings. The topological polar surface area (TPSA) is 52.8 Å². The van der Waals surface area contributed by atoms with Crippen molar-refractivity contribution in [1.29, 1.82) is 0 Å². The van der Waals surface area contributed by atoms with Gasteiger partial charge in [-0.05, 0) is 58.7 Å². The number of rotatable bonds is 4. The van der Waals surface area contributed by atoms with E-state index in [2.05, 4.69) is 39.8 Å². The second-order valence-corrected chi connectivity index (χ2v) is 6.76. The van der Waals surface area contributed by atoms with Crippen LogP contribution in [0.5, 0.6) is 5.75 Å². The van der Waals surface area contributed by atoms with Crippen molar-refractivity contribution in [1.82, 2.24) is 20.2 Å². The quantitative estimate of drug-likeness (QED) is 0.738. The predicted molar refractivity (Wildman–Crippen MR) is 89.2 cm³/mol. The van der Waals surface area contributed by atoms with Crippen LogP contribution < -0.4 is 4.74 Å². The molecule has 0 bridgehead atoms. The van der Waals surface area contributed by atoms with Crippen LogP contribution in [-0.4, -0.2) is 32.6 Å². The number of benzene rings is 2. The molecule has 0 aliphatic heterocycles. The van der Waals surface area contributed by atoms with Crippen LogP contribution in [0.3, 0.4) is 0 Å². The number of ether oxygens (including phenoxy) is 1. The number of nitrogens with zero attached hydrogens (tertiary/aromatic N) is 4. The minimum Gasteiger partial charge on any atom is -0.497 e. The van der Waals surface area contributed by atoms with Gasteiger partial charge in [-0.1, -0.05) is 36.0 Å². The van der Waals surface area contributed by atoms with Crippen molar-refractivity contribution in [3.8, 4) is 11.4 Å². The number of tetrazole rings is 1. The summed E-state index contributed by atoms with van der Waals surface area (Å²) in [5, 5.41) is 13.5. The monoisotopic (exact) mass is 324 g/mol. The molecule has 1 aliphatic rings. The van der Waals surface area contributed by atoms with Gasteiger partial charge in [-0.15, -0.1) is 5.10 Å². The lowest BCUT2D eigenvalue weighted by Crippen LogP contribution is -2.05. The fourth-order valence-electron chi connectivity index (χ4n) is 2.89. The molecule has 1 heterocycles. The first-order valence-corrected chi connectivity index (χ1v) is 8.37. The Hall–Kier alpha value is -2.34. The summed E-state index contributed by atoms with van der Waals surface area (Å²) in [6, 6.07) is 16.4. The smallest absolute Gasteiger partial charge is 0.214 e. The van der Waals surface area contributed by atoms with Crippen molar-refractivity contribution in [2.45, 2.75) is 23.2 Å². The van der Waals surface area contributed by atoms with Crippen LogP contribution in [0.2, 0.25) is 0 Å². The van der Waals surface area contributed by atoms with Gasteiger partial charge in [-0.25, -0.2) is 0 Å². The normalized spacial score (nSPS) is 14.0. The Balaban J connectivity index is 1.54. The number of methoxy groups -OCH3 is 1. The standard InChI is InChI=1S/C17H16N4OS/c1-22-15-8-6-14(7-9-15)21-17(18-19-20-21)23-16-10-12-4-2-3-5-13(12)11-16/h2-9,16H,10-11H2,1H3. The Morgan fingerprint density at radius 3 is 2.39 bits per heavy atom. The molecule has 0 spiro atoms. The first kappa shape index (κ1) is 14.3. The van der Waals surface area contributed by atoms with E-state index in [0.717, 1.165) is 29.4 Å². The molecule has 1 aromatic heterocycles. The molecule has 0 saturated carbocycles. The predicted octanol–water partition coefficient (Wildman–Crippen LogP) is 2.93. The van der Waals surface area contributed by atoms with Crippen LogP contribution >= 0.6 is 11.8 Å². The highest BCUT2D eigenvalue weighted by Gasteiger charge is 2.24. The first-order chi connectivity index (χ1) is 11.3. The maximum atomic E-state index is 5.19. The summed E-state index contributed by atoms with van der Waals surface area (Å²) in [5.74, 6) is 0.822. The molecule has 0 amide bonds. The number of aromatic nitrogens is 4. The van der Waals surface area contributed by atoms with E-state index in [1.807, 2.05) is 24.3 Å². The highest BCUT2D eigenvalue weighted by molar-refractivity contribution is 7.99. The third-order valence-corrected chi connectivity index (χ3v) is 5.18. The van der Waals surface area contributed by atoms with E-state index >= 15 is 0 Å². The number of fused-ring (bicyclic) bond motifs is 1. The number of hydrogen-bond donors (Lipinski definition) is 0. The van der Waals surface area contributed by atoms with Gasteiger partial charge in [0.05, 0.1) is 12.8 Å². The van der Waals surface area contributed by atoms with Crippen LogP contribution in [0, 0.1) is 0 Å². The lowest BCUT2D eigenvalue weighted by Gasteiger charge is -2.09. The second kappa shape index (κ2) is 6.04. The van der Waals surface area contributed by atoms with Crippen molar-refractivity contribution in [2.75, 3.05) is 7.11 Å². The largest absolute Gasteiger partial charge is 0.497 e. The fourth-order valence-corrected chi connectivity index (χ4v) is 4.04. The zero-order valence-corrected chi connectivity index (χ0v) is 13.5. The molecule has 0 radical (unpaired) electrons. The van der Waals surface area contributed by atoms with Crippen LogP contribution in [0.25, 0.3) is 5.69 Å². The fraction of sp³-hybridized carbons (Fsp3) is 0.235. The number of hydrogen-bond acceptors (Lipinski definition) is 5. The molecule has 1 aliphatic carbocycles. The maximum Gasteiger partial charge on any atom is 0.214 e. The second-order valence-electron chi connectivity index (χ2n) is 5.49. The van der Waals surface area contributed by atoms with E-state index in [4.69, 9.17) is 4.74 Å². The van der Waals surface area contributed by atoms with E-state index in [0.29, 0.717) is 5.25 Å². The summed E-state index contributed by atoms with van der Waals surface area (Å²) in [5.41, 5.74) is 3.82. The molecule has 0 saturated heterocycles. The van der Waals surface area contributed by atoms with Gasteiger partial charge in [-0.3, -0.25) is 0 Å². The molecule has 5 nitrogen and oxygen atoms in total. The molecule has 2 aromatic carbocycles.